The summed E-state index contributed by atoms with van der Waals surface area (Å²) < 4.78 is 0. The Bertz CT molecular complexity index is 1140. The van der Waals surface area contributed by atoms with Crippen molar-refractivity contribution in [2.24, 2.45) is 0 Å². The molecule has 1 aliphatic carbocycles. The molecule has 0 heterocycles. The van der Waals surface area contributed by atoms with Crippen LogP contribution in [0, 0.1) is 0 Å². The molecular weight excluding hydrogens is 396 g/mol. The average Bonchev–Trinajstić information content (AvgIpc) is 3.20. The summed E-state index contributed by atoms with van der Waals surface area (Å²) in [5, 5.41) is 0. The maximum absolute atomic E-state index is 2.49. The summed E-state index contributed by atoms with van der Waals surface area (Å²) in [6, 6.07) is 23.2. The van der Waals surface area contributed by atoms with Gasteiger partial charge in [0.05, 0.1) is 0 Å². The number of unbranched alkanes of at least 4 members (excludes halogenated alkanes) is 1. The molecule has 0 aromatic heterocycles. The Morgan fingerprint density at radius 1 is 0.636 bits per heavy atom. The Balaban J connectivity index is 1.77. The molecule has 33 heavy (non-hydrogen) atoms. The van der Waals surface area contributed by atoms with E-state index in [1.807, 2.05) is 0 Å². The highest BCUT2D eigenvalue weighted by atomic mass is 14.3. The number of hydrogen-bond acceptors (Lipinski definition) is 0. The molecule has 0 saturated heterocycles. The smallest absolute Gasteiger partial charge is 0.00514 e. The molecule has 3 aromatic rings. The van der Waals surface area contributed by atoms with Crippen LogP contribution in [0.25, 0.3) is 28.3 Å². The summed E-state index contributed by atoms with van der Waals surface area (Å²) in [6.45, 7) is 16.0. The number of allylic oxidation sites excluding steroid dienone is 1. The van der Waals surface area contributed by atoms with Crippen molar-refractivity contribution >= 4 is 6.08 Å². The van der Waals surface area contributed by atoms with E-state index in [9.17, 15) is 0 Å². The molecule has 0 N–H and O–H groups in total. The minimum absolute atomic E-state index is 0.177. The van der Waals surface area contributed by atoms with Crippen molar-refractivity contribution in [3.63, 3.8) is 0 Å². The highest BCUT2D eigenvalue weighted by molar-refractivity contribution is 5.87. The minimum Gasteiger partial charge on any atom is -0.0654 e. The van der Waals surface area contributed by atoms with E-state index in [-0.39, 0.29) is 10.8 Å². The van der Waals surface area contributed by atoms with Gasteiger partial charge in [-0.1, -0.05) is 127 Å². The van der Waals surface area contributed by atoms with Crippen molar-refractivity contribution in [1.82, 2.24) is 0 Å². The van der Waals surface area contributed by atoms with Crippen LogP contribution >= 0.6 is 0 Å². The van der Waals surface area contributed by atoms with Crippen LogP contribution in [-0.2, 0) is 17.3 Å². The highest BCUT2D eigenvalue weighted by Crippen LogP contribution is 2.41. The molecule has 4 rings (SSSR count). The molecule has 172 valence electrons. The fraction of sp³-hybridized carbons (Fsp3) is 0.394. The van der Waals surface area contributed by atoms with Gasteiger partial charge in [-0.15, -0.1) is 0 Å². The van der Waals surface area contributed by atoms with Crippen LogP contribution in [0.2, 0.25) is 0 Å². The predicted molar refractivity (Wildman–Crippen MR) is 146 cm³/mol. The Kier molecular flexibility index (Phi) is 6.41. The Morgan fingerprint density at radius 3 is 1.61 bits per heavy atom. The number of fused-ring (bicyclic) bond motifs is 1. The van der Waals surface area contributed by atoms with Crippen molar-refractivity contribution < 1.29 is 0 Å². The van der Waals surface area contributed by atoms with Gasteiger partial charge in [-0.3, -0.25) is 0 Å². The van der Waals surface area contributed by atoms with Gasteiger partial charge < -0.3 is 0 Å². The van der Waals surface area contributed by atoms with E-state index < -0.39 is 0 Å². The molecule has 0 atom stereocenters. The second kappa shape index (κ2) is 8.98. The molecule has 0 unspecified atom stereocenters. The van der Waals surface area contributed by atoms with Gasteiger partial charge in [0.15, 0.2) is 0 Å². The van der Waals surface area contributed by atoms with Crippen LogP contribution in [-0.4, -0.2) is 0 Å². The van der Waals surface area contributed by atoms with E-state index >= 15 is 0 Å². The van der Waals surface area contributed by atoms with E-state index in [4.69, 9.17) is 0 Å². The zero-order chi connectivity index (χ0) is 23.8. The Labute approximate surface area is 201 Å². The van der Waals surface area contributed by atoms with Crippen LogP contribution in [0.15, 0.2) is 66.2 Å². The molecule has 0 radical (unpaired) electrons. The molecule has 0 fully saturated rings. The van der Waals surface area contributed by atoms with Gasteiger partial charge in [-0.25, -0.2) is 0 Å². The first-order chi connectivity index (χ1) is 15.6. The lowest BCUT2D eigenvalue weighted by molar-refractivity contribution is 0.590. The molecule has 0 heteroatoms. The van der Waals surface area contributed by atoms with Crippen LogP contribution < -0.4 is 0 Å². The quantitative estimate of drug-likeness (QED) is 0.373. The average molecular weight is 437 g/mol. The van der Waals surface area contributed by atoms with Gasteiger partial charge >= 0.3 is 0 Å². The van der Waals surface area contributed by atoms with E-state index in [0.29, 0.717) is 0 Å². The molecule has 0 amide bonds. The van der Waals surface area contributed by atoms with Crippen molar-refractivity contribution in [2.75, 3.05) is 0 Å². The van der Waals surface area contributed by atoms with Crippen molar-refractivity contribution in [3.8, 4) is 22.3 Å². The van der Waals surface area contributed by atoms with Gasteiger partial charge in [-0.05, 0) is 74.6 Å². The monoisotopic (exact) mass is 436 g/mol. The lowest BCUT2D eigenvalue weighted by Crippen LogP contribution is -2.10. The maximum atomic E-state index is 2.49. The summed E-state index contributed by atoms with van der Waals surface area (Å²) in [6.07, 6.45) is 7.29. The highest BCUT2D eigenvalue weighted by Gasteiger charge is 2.22. The third-order valence-corrected chi connectivity index (χ3v) is 7.08. The zero-order valence-electron chi connectivity index (χ0n) is 21.7. The van der Waals surface area contributed by atoms with Gasteiger partial charge in [0.1, 0.15) is 0 Å². The van der Waals surface area contributed by atoms with Crippen LogP contribution in [0.3, 0.4) is 0 Å². The summed E-state index contributed by atoms with van der Waals surface area (Å²) in [4.78, 5) is 0. The summed E-state index contributed by atoms with van der Waals surface area (Å²) in [5.74, 6) is 0. The third kappa shape index (κ3) is 5.01. The lowest BCUT2D eigenvalue weighted by Gasteiger charge is -2.20. The van der Waals surface area contributed by atoms with Crippen LogP contribution in [0.4, 0.5) is 0 Å². The minimum atomic E-state index is 0.177. The second-order valence-corrected chi connectivity index (χ2v) is 11.8. The fourth-order valence-corrected chi connectivity index (χ4v) is 4.89. The third-order valence-electron chi connectivity index (χ3n) is 7.08. The first kappa shape index (κ1) is 23.6. The predicted octanol–water partition coefficient (Wildman–Crippen LogP) is 9.75. The van der Waals surface area contributed by atoms with E-state index in [1.165, 1.54) is 63.8 Å². The summed E-state index contributed by atoms with van der Waals surface area (Å²) in [5.41, 5.74) is 13.1. The van der Waals surface area contributed by atoms with Gasteiger partial charge in [0.2, 0.25) is 0 Å². The lowest BCUT2D eigenvalue weighted by atomic mass is 9.84. The number of benzene rings is 3. The number of hydrogen-bond donors (Lipinski definition) is 0. The topological polar surface area (TPSA) is 0 Å². The van der Waals surface area contributed by atoms with E-state index in [0.717, 1.165) is 6.42 Å². The molecule has 0 nitrogen and oxygen atoms in total. The molecule has 0 saturated carbocycles. The SMILES string of the molecule is CCCCC1=Cc2c(-c3ccc(C(C)(C)C)cc3)ccc(-c3ccc(C(C)(C)C)cc3)c2C1. The van der Waals surface area contributed by atoms with Crippen molar-refractivity contribution in [2.45, 2.75) is 85.0 Å². The molecule has 0 aliphatic heterocycles. The van der Waals surface area contributed by atoms with Crippen LogP contribution in [0.5, 0.6) is 0 Å². The van der Waals surface area contributed by atoms with Gasteiger partial charge in [0.25, 0.3) is 0 Å². The van der Waals surface area contributed by atoms with Crippen LogP contribution in [0.1, 0.15) is 90.0 Å². The molecule has 0 spiro atoms. The zero-order valence-corrected chi connectivity index (χ0v) is 21.7. The summed E-state index contributed by atoms with van der Waals surface area (Å²) in [7, 11) is 0. The Morgan fingerprint density at radius 2 is 1.12 bits per heavy atom. The fourth-order valence-electron chi connectivity index (χ4n) is 4.89. The standard InChI is InChI=1S/C33H40/c1-8-9-10-23-21-30-28(24-11-15-26(16-12-24)32(2,3)4)19-20-29(31(30)22-23)25-13-17-27(18-14-25)33(5,6)7/h11-21H,8-10,22H2,1-7H3. The second-order valence-electron chi connectivity index (χ2n) is 11.8. The first-order valence-electron chi connectivity index (χ1n) is 12.6. The molecule has 3 aromatic carbocycles. The van der Waals surface area contributed by atoms with Crippen molar-refractivity contribution in [1.29, 1.82) is 0 Å². The first-order valence-corrected chi connectivity index (χ1v) is 12.6. The molecule has 1 aliphatic rings. The van der Waals surface area contributed by atoms with E-state index in [2.05, 4.69) is 115 Å². The van der Waals surface area contributed by atoms with Crippen molar-refractivity contribution in [3.05, 3.63) is 88.5 Å². The number of rotatable bonds is 5. The molecular formula is C33H40. The summed E-state index contributed by atoms with van der Waals surface area (Å²) >= 11 is 0. The van der Waals surface area contributed by atoms with Gasteiger partial charge in [-0.2, -0.15) is 0 Å². The largest absolute Gasteiger partial charge is 0.0654 e. The van der Waals surface area contributed by atoms with Gasteiger partial charge in [0, 0.05) is 0 Å². The normalized spacial score (nSPS) is 13.7. The Hall–Kier alpha value is -2.60. The molecule has 0 bridgehead atoms. The maximum Gasteiger partial charge on any atom is -0.00514 e. The van der Waals surface area contributed by atoms with E-state index in [1.54, 1.807) is 5.57 Å².